The molecule has 0 bridgehead atoms. The van der Waals surface area contributed by atoms with E-state index in [9.17, 15) is 9.59 Å². The van der Waals surface area contributed by atoms with Crippen LogP contribution in [-0.4, -0.2) is 11.8 Å². The first-order valence-electron chi connectivity index (χ1n) is 7.92. The van der Waals surface area contributed by atoms with Gasteiger partial charge in [-0.25, -0.2) is 11.0 Å². The van der Waals surface area contributed by atoms with Crippen molar-refractivity contribution in [2.24, 2.45) is 5.41 Å². The van der Waals surface area contributed by atoms with Gasteiger partial charge in [-0.15, -0.1) is 0 Å². The Bertz CT molecular complexity index is 628. The lowest BCUT2D eigenvalue weighted by atomic mass is 9.92. The predicted molar refractivity (Wildman–Crippen MR) is 92.5 cm³/mol. The van der Waals surface area contributed by atoms with Crippen molar-refractivity contribution in [3.05, 3.63) is 71.8 Å². The molecule has 0 fully saturated rings. The fraction of sp³-hybridized carbons (Fsp3) is 0.263. The Morgan fingerprint density at radius 1 is 0.760 bits per heavy atom. The number of carbonyl (C=O) groups is 2. The average molecular weight is 342 g/mol. The van der Waals surface area contributed by atoms with E-state index in [0.29, 0.717) is 0 Å². The highest BCUT2D eigenvalue weighted by Gasteiger charge is 2.36. The van der Waals surface area contributed by atoms with E-state index in [1.165, 1.54) is 13.8 Å². The molecule has 2 aromatic rings. The van der Waals surface area contributed by atoms with Crippen LogP contribution in [0.2, 0.25) is 0 Å². The fourth-order valence-electron chi connectivity index (χ4n) is 1.88. The summed E-state index contributed by atoms with van der Waals surface area (Å²) in [6.45, 7) is 3.43. The molecule has 0 spiro atoms. The molecule has 6 heteroatoms. The molecule has 25 heavy (non-hydrogen) atoms. The first-order valence-corrected chi connectivity index (χ1v) is 7.92. The van der Waals surface area contributed by atoms with Gasteiger partial charge in [0.15, 0.2) is 0 Å². The van der Waals surface area contributed by atoms with Crippen molar-refractivity contribution >= 4 is 11.8 Å². The van der Waals surface area contributed by atoms with Gasteiger partial charge in [-0.1, -0.05) is 60.7 Å². The smallest absolute Gasteiger partial charge is 0.258 e. The SMILES string of the molecule is CC(C)(C(=O)NOCc1ccccc1)C(=O)NOCc1ccccc1. The number of amides is 2. The summed E-state index contributed by atoms with van der Waals surface area (Å²) >= 11 is 0. The molecule has 0 aliphatic heterocycles. The monoisotopic (exact) mass is 342 g/mol. The van der Waals surface area contributed by atoms with E-state index in [-0.39, 0.29) is 13.2 Å². The molecule has 132 valence electrons. The molecule has 2 N–H and O–H groups in total. The van der Waals surface area contributed by atoms with Crippen LogP contribution in [0.15, 0.2) is 60.7 Å². The molecule has 0 atom stereocenters. The highest BCUT2D eigenvalue weighted by atomic mass is 16.7. The highest BCUT2D eigenvalue weighted by molar-refractivity contribution is 6.03. The third-order valence-corrected chi connectivity index (χ3v) is 3.63. The lowest BCUT2D eigenvalue weighted by Crippen LogP contribution is -2.47. The molecule has 0 saturated heterocycles. The number of rotatable bonds is 8. The average Bonchev–Trinajstić information content (AvgIpc) is 2.63. The van der Waals surface area contributed by atoms with Crippen LogP contribution >= 0.6 is 0 Å². The van der Waals surface area contributed by atoms with Gasteiger partial charge in [0.1, 0.15) is 5.41 Å². The van der Waals surface area contributed by atoms with Crippen molar-refractivity contribution in [2.45, 2.75) is 27.1 Å². The number of benzene rings is 2. The Labute approximate surface area is 147 Å². The molecule has 0 unspecified atom stereocenters. The first kappa shape index (κ1) is 18.6. The Kier molecular flexibility index (Phi) is 6.68. The van der Waals surface area contributed by atoms with E-state index in [4.69, 9.17) is 9.68 Å². The summed E-state index contributed by atoms with van der Waals surface area (Å²) in [7, 11) is 0. The predicted octanol–water partition coefficient (Wildman–Crippen LogP) is 2.51. The molecule has 0 aliphatic rings. The minimum absolute atomic E-state index is 0.217. The van der Waals surface area contributed by atoms with E-state index >= 15 is 0 Å². The second kappa shape index (κ2) is 8.96. The Balaban J connectivity index is 1.75. The van der Waals surface area contributed by atoms with Crippen LogP contribution < -0.4 is 11.0 Å². The molecule has 0 aromatic heterocycles. The maximum absolute atomic E-state index is 12.2. The van der Waals surface area contributed by atoms with Crippen LogP contribution in [0, 0.1) is 5.41 Å². The zero-order chi connectivity index (χ0) is 18.1. The van der Waals surface area contributed by atoms with Crippen molar-refractivity contribution in [1.29, 1.82) is 0 Å². The molecule has 2 rings (SSSR count). The van der Waals surface area contributed by atoms with E-state index in [0.717, 1.165) is 11.1 Å². The molecular formula is C19H22N2O4. The molecule has 2 aromatic carbocycles. The van der Waals surface area contributed by atoms with Gasteiger partial charge in [0, 0.05) is 0 Å². The van der Waals surface area contributed by atoms with Crippen LogP contribution in [0.4, 0.5) is 0 Å². The second-order valence-electron chi connectivity index (χ2n) is 6.04. The van der Waals surface area contributed by atoms with Gasteiger partial charge in [-0.3, -0.25) is 19.3 Å². The molecule has 0 aliphatic carbocycles. The summed E-state index contributed by atoms with van der Waals surface area (Å²) in [5.41, 5.74) is 5.10. The number of nitrogens with one attached hydrogen (secondary N) is 2. The summed E-state index contributed by atoms with van der Waals surface area (Å²) in [5, 5.41) is 0. The third kappa shape index (κ3) is 5.70. The lowest BCUT2D eigenvalue weighted by Gasteiger charge is -2.22. The fourth-order valence-corrected chi connectivity index (χ4v) is 1.88. The van der Waals surface area contributed by atoms with Crippen LogP contribution in [0.1, 0.15) is 25.0 Å². The first-order chi connectivity index (χ1) is 12.0. The number of carbonyl (C=O) groups excluding carboxylic acids is 2. The summed E-state index contributed by atoms with van der Waals surface area (Å²) in [6, 6.07) is 18.8. The molecule has 0 heterocycles. The van der Waals surface area contributed by atoms with Crippen LogP contribution in [-0.2, 0) is 32.5 Å². The van der Waals surface area contributed by atoms with Gasteiger partial charge >= 0.3 is 0 Å². The summed E-state index contributed by atoms with van der Waals surface area (Å²) < 4.78 is 0. The summed E-state index contributed by atoms with van der Waals surface area (Å²) in [6.07, 6.45) is 0. The van der Waals surface area contributed by atoms with Crippen LogP contribution in [0.25, 0.3) is 0 Å². The maximum Gasteiger partial charge on any atom is 0.258 e. The zero-order valence-corrected chi connectivity index (χ0v) is 14.3. The number of hydrogen-bond acceptors (Lipinski definition) is 4. The molecule has 6 nitrogen and oxygen atoms in total. The van der Waals surface area contributed by atoms with E-state index < -0.39 is 17.2 Å². The maximum atomic E-state index is 12.2. The minimum atomic E-state index is -1.34. The van der Waals surface area contributed by atoms with Crippen molar-refractivity contribution in [1.82, 2.24) is 11.0 Å². The standard InChI is InChI=1S/C19H22N2O4/c1-19(2,17(22)20-24-13-15-9-5-3-6-10-15)18(23)21-25-14-16-11-7-4-8-12-16/h3-12H,13-14H2,1-2H3,(H,20,22)(H,21,23). The quantitative estimate of drug-likeness (QED) is 0.571. The molecule has 0 radical (unpaired) electrons. The van der Waals surface area contributed by atoms with Crippen LogP contribution in [0.5, 0.6) is 0 Å². The van der Waals surface area contributed by atoms with Gasteiger partial charge in [-0.05, 0) is 25.0 Å². The highest BCUT2D eigenvalue weighted by Crippen LogP contribution is 2.16. The molecule has 2 amide bonds. The second-order valence-corrected chi connectivity index (χ2v) is 6.04. The Morgan fingerprint density at radius 3 is 1.48 bits per heavy atom. The van der Waals surface area contributed by atoms with Crippen molar-refractivity contribution in [3.63, 3.8) is 0 Å². The Morgan fingerprint density at radius 2 is 1.12 bits per heavy atom. The van der Waals surface area contributed by atoms with Crippen molar-refractivity contribution in [3.8, 4) is 0 Å². The van der Waals surface area contributed by atoms with Gasteiger partial charge < -0.3 is 0 Å². The lowest BCUT2D eigenvalue weighted by molar-refractivity contribution is -0.157. The third-order valence-electron chi connectivity index (χ3n) is 3.63. The minimum Gasteiger partial charge on any atom is -0.272 e. The van der Waals surface area contributed by atoms with E-state index in [1.54, 1.807) is 0 Å². The largest absolute Gasteiger partial charge is 0.272 e. The van der Waals surface area contributed by atoms with E-state index in [1.807, 2.05) is 60.7 Å². The van der Waals surface area contributed by atoms with Gasteiger partial charge in [0.05, 0.1) is 13.2 Å². The van der Waals surface area contributed by atoms with Crippen LogP contribution in [0.3, 0.4) is 0 Å². The normalized spacial score (nSPS) is 11.0. The van der Waals surface area contributed by atoms with Gasteiger partial charge in [-0.2, -0.15) is 0 Å². The number of hydroxylamine groups is 2. The van der Waals surface area contributed by atoms with Gasteiger partial charge in [0.25, 0.3) is 11.8 Å². The molecular weight excluding hydrogens is 320 g/mol. The van der Waals surface area contributed by atoms with Gasteiger partial charge in [0.2, 0.25) is 0 Å². The summed E-state index contributed by atoms with van der Waals surface area (Å²) in [5.74, 6) is -1.10. The molecule has 0 saturated carbocycles. The summed E-state index contributed by atoms with van der Waals surface area (Å²) in [4.78, 5) is 34.7. The van der Waals surface area contributed by atoms with E-state index in [2.05, 4.69) is 11.0 Å². The zero-order valence-electron chi connectivity index (χ0n) is 14.3. The number of hydrogen-bond donors (Lipinski definition) is 2. The van der Waals surface area contributed by atoms with Crippen molar-refractivity contribution in [2.75, 3.05) is 0 Å². The van der Waals surface area contributed by atoms with Crippen molar-refractivity contribution < 1.29 is 19.3 Å². The Hall–Kier alpha value is -2.70. The topological polar surface area (TPSA) is 76.7 Å².